The lowest BCUT2D eigenvalue weighted by Gasteiger charge is -2.19. The van der Waals surface area contributed by atoms with E-state index in [9.17, 15) is 4.79 Å². The van der Waals surface area contributed by atoms with Crippen LogP contribution in [-0.4, -0.2) is 22.4 Å². The van der Waals surface area contributed by atoms with E-state index in [1.165, 1.54) is 0 Å². The van der Waals surface area contributed by atoms with Crippen molar-refractivity contribution in [2.45, 2.75) is 32.6 Å². The van der Waals surface area contributed by atoms with Gasteiger partial charge in [-0.25, -0.2) is 9.97 Å². The van der Waals surface area contributed by atoms with Gasteiger partial charge < -0.3 is 4.90 Å². The second kappa shape index (κ2) is 4.38. The molecule has 4 heteroatoms. The predicted molar refractivity (Wildman–Crippen MR) is 57.6 cm³/mol. The van der Waals surface area contributed by atoms with Crippen LogP contribution in [0.25, 0.3) is 0 Å². The molecular formula is C11H15N3O. The fourth-order valence-corrected chi connectivity index (χ4v) is 1.78. The van der Waals surface area contributed by atoms with Gasteiger partial charge >= 0.3 is 0 Å². The first-order valence-electron chi connectivity index (χ1n) is 5.36. The van der Waals surface area contributed by atoms with Gasteiger partial charge in [0.2, 0.25) is 5.91 Å². The molecule has 1 aliphatic rings. The van der Waals surface area contributed by atoms with Gasteiger partial charge in [-0.15, -0.1) is 0 Å². The Labute approximate surface area is 89.3 Å². The molecule has 15 heavy (non-hydrogen) atoms. The molecule has 4 nitrogen and oxygen atoms in total. The minimum absolute atomic E-state index is 0.194. The highest BCUT2D eigenvalue weighted by Gasteiger charge is 2.18. The molecule has 0 N–H and O–H groups in total. The van der Waals surface area contributed by atoms with Gasteiger partial charge in [0.25, 0.3) is 0 Å². The van der Waals surface area contributed by atoms with E-state index < -0.39 is 0 Å². The van der Waals surface area contributed by atoms with E-state index in [2.05, 4.69) is 9.97 Å². The first-order chi connectivity index (χ1) is 7.27. The van der Waals surface area contributed by atoms with Crippen molar-refractivity contribution in [1.29, 1.82) is 0 Å². The fourth-order valence-electron chi connectivity index (χ4n) is 1.78. The smallest absolute Gasteiger partial charge is 0.227 e. The Morgan fingerprint density at radius 1 is 1.20 bits per heavy atom. The van der Waals surface area contributed by atoms with E-state index in [4.69, 9.17) is 0 Å². The van der Waals surface area contributed by atoms with Crippen LogP contribution in [0.1, 0.15) is 31.5 Å². The molecule has 80 valence electrons. The van der Waals surface area contributed by atoms with Gasteiger partial charge in [-0.05, 0) is 19.8 Å². The van der Waals surface area contributed by atoms with Crippen LogP contribution in [0, 0.1) is 6.92 Å². The van der Waals surface area contributed by atoms with Gasteiger partial charge in [0.05, 0.1) is 18.1 Å². The van der Waals surface area contributed by atoms with Crippen LogP contribution in [0.15, 0.2) is 12.4 Å². The summed E-state index contributed by atoms with van der Waals surface area (Å²) >= 11 is 0. The lowest BCUT2D eigenvalue weighted by atomic mass is 10.2. The number of aryl methyl sites for hydroxylation is 1. The highest BCUT2D eigenvalue weighted by atomic mass is 16.2. The zero-order chi connectivity index (χ0) is 10.7. The second-order valence-electron chi connectivity index (χ2n) is 3.84. The van der Waals surface area contributed by atoms with E-state index in [0.717, 1.165) is 37.3 Å². The summed E-state index contributed by atoms with van der Waals surface area (Å²) in [5.74, 6) is 0.931. The van der Waals surface area contributed by atoms with Gasteiger partial charge in [-0.1, -0.05) is 6.42 Å². The summed E-state index contributed by atoms with van der Waals surface area (Å²) in [6.07, 6.45) is 7.31. The van der Waals surface area contributed by atoms with Crippen LogP contribution in [0.5, 0.6) is 0 Å². The normalized spacial score (nSPS) is 17.7. The van der Waals surface area contributed by atoms with Gasteiger partial charge in [-0.2, -0.15) is 0 Å². The number of hydrogen-bond donors (Lipinski definition) is 0. The van der Waals surface area contributed by atoms with Crippen molar-refractivity contribution in [3.8, 4) is 0 Å². The maximum Gasteiger partial charge on any atom is 0.227 e. The zero-order valence-electron chi connectivity index (χ0n) is 8.94. The molecule has 1 aromatic heterocycles. The number of hydrogen-bond acceptors (Lipinski definition) is 3. The number of carbonyl (C=O) groups is 1. The third-order valence-electron chi connectivity index (χ3n) is 2.65. The third-order valence-corrected chi connectivity index (χ3v) is 2.65. The Morgan fingerprint density at radius 2 is 1.93 bits per heavy atom. The molecule has 0 bridgehead atoms. The van der Waals surface area contributed by atoms with Crippen LogP contribution in [0.4, 0.5) is 5.69 Å². The number of carbonyl (C=O) groups excluding carboxylic acids is 1. The van der Waals surface area contributed by atoms with E-state index in [0.29, 0.717) is 6.42 Å². The summed E-state index contributed by atoms with van der Waals surface area (Å²) in [7, 11) is 0. The van der Waals surface area contributed by atoms with Gasteiger partial charge in [0.1, 0.15) is 5.82 Å². The molecule has 0 aromatic carbocycles. The summed E-state index contributed by atoms with van der Waals surface area (Å²) in [6, 6.07) is 0. The number of nitrogens with zero attached hydrogens (tertiary/aromatic N) is 3. The SMILES string of the molecule is Cc1ncc(N2CCCCCC2=O)cn1. The molecule has 0 saturated carbocycles. The van der Waals surface area contributed by atoms with Crippen LogP contribution in [0.2, 0.25) is 0 Å². The molecule has 1 fully saturated rings. The first-order valence-corrected chi connectivity index (χ1v) is 5.36. The van der Waals surface area contributed by atoms with E-state index in [1.807, 2.05) is 6.92 Å². The molecule has 2 heterocycles. The van der Waals surface area contributed by atoms with Crippen LogP contribution < -0.4 is 4.90 Å². The van der Waals surface area contributed by atoms with Crippen molar-refractivity contribution in [3.05, 3.63) is 18.2 Å². The van der Waals surface area contributed by atoms with Crippen molar-refractivity contribution in [3.63, 3.8) is 0 Å². The monoisotopic (exact) mass is 205 g/mol. The summed E-state index contributed by atoms with van der Waals surface area (Å²) in [6.45, 7) is 2.64. The van der Waals surface area contributed by atoms with Crippen molar-refractivity contribution < 1.29 is 4.79 Å². The standard InChI is InChI=1S/C11H15N3O/c1-9-12-7-10(8-13-9)14-6-4-2-3-5-11(14)15/h7-8H,2-6H2,1H3. The maximum absolute atomic E-state index is 11.8. The minimum atomic E-state index is 0.194. The Hall–Kier alpha value is -1.45. The minimum Gasteiger partial charge on any atom is -0.310 e. The fraction of sp³-hybridized carbons (Fsp3) is 0.545. The Bertz CT molecular complexity index is 347. The van der Waals surface area contributed by atoms with E-state index in [-0.39, 0.29) is 5.91 Å². The number of rotatable bonds is 1. The van der Waals surface area contributed by atoms with E-state index >= 15 is 0 Å². The number of amides is 1. The zero-order valence-corrected chi connectivity index (χ0v) is 8.94. The maximum atomic E-state index is 11.8. The quantitative estimate of drug-likeness (QED) is 0.701. The summed E-state index contributed by atoms with van der Waals surface area (Å²) in [5.41, 5.74) is 0.826. The lowest BCUT2D eigenvalue weighted by Crippen LogP contribution is -2.30. The predicted octanol–water partition coefficient (Wildman–Crippen LogP) is 1.69. The number of aromatic nitrogens is 2. The lowest BCUT2D eigenvalue weighted by molar-refractivity contribution is -0.118. The highest BCUT2D eigenvalue weighted by molar-refractivity contribution is 5.93. The molecule has 1 amide bonds. The van der Waals surface area contributed by atoms with Crippen molar-refractivity contribution in [1.82, 2.24) is 9.97 Å². The van der Waals surface area contributed by atoms with Crippen molar-refractivity contribution in [2.24, 2.45) is 0 Å². The molecule has 0 radical (unpaired) electrons. The van der Waals surface area contributed by atoms with Crippen LogP contribution in [0.3, 0.4) is 0 Å². The average Bonchev–Trinajstić information content (AvgIpc) is 2.44. The summed E-state index contributed by atoms with van der Waals surface area (Å²) in [5, 5.41) is 0. The number of anilines is 1. The van der Waals surface area contributed by atoms with E-state index in [1.54, 1.807) is 17.3 Å². The first kappa shape index (κ1) is 10.1. The molecule has 1 saturated heterocycles. The van der Waals surface area contributed by atoms with Gasteiger partial charge in [0, 0.05) is 13.0 Å². The summed E-state index contributed by atoms with van der Waals surface area (Å²) < 4.78 is 0. The Balaban J connectivity index is 2.20. The Kier molecular flexibility index (Phi) is 2.94. The van der Waals surface area contributed by atoms with Crippen molar-refractivity contribution in [2.75, 3.05) is 11.4 Å². The topological polar surface area (TPSA) is 46.1 Å². The summed E-state index contributed by atoms with van der Waals surface area (Å²) in [4.78, 5) is 21.8. The van der Waals surface area contributed by atoms with Crippen LogP contribution >= 0.6 is 0 Å². The molecule has 0 atom stereocenters. The molecule has 1 aliphatic heterocycles. The molecule has 0 spiro atoms. The Morgan fingerprint density at radius 3 is 2.67 bits per heavy atom. The average molecular weight is 205 g/mol. The molecular weight excluding hydrogens is 190 g/mol. The third kappa shape index (κ3) is 2.32. The van der Waals surface area contributed by atoms with Crippen molar-refractivity contribution >= 4 is 11.6 Å². The second-order valence-corrected chi connectivity index (χ2v) is 3.84. The molecule has 0 unspecified atom stereocenters. The van der Waals surface area contributed by atoms with Gasteiger partial charge in [-0.3, -0.25) is 4.79 Å². The highest BCUT2D eigenvalue weighted by Crippen LogP contribution is 2.18. The van der Waals surface area contributed by atoms with Crippen LogP contribution in [-0.2, 0) is 4.79 Å². The van der Waals surface area contributed by atoms with Gasteiger partial charge in [0.15, 0.2) is 0 Å². The molecule has 0 aliphatic carbocycles. The largest absolute Gasteiger partial charge is 0.310 e. The molecule has 2 rings (SSSR count). The molecule has 1 aromatic rings.